The van der Waals surface area contributed by atoms with Crippen LogP contribution in [0.2, 0.25) is 0 Å². The number of nitrogens with zero attached hydrogens (tertiary/aromatic N) is 1. The number of hydrogen-bond acceptors (Lipinski definition) is 3. The van der Waals surface area contributed by atoms with E-state index in [0.717, 1.165) is 12.8 Å². The van der Waals surface area contributed by atoms with Crippen LogP contribution in [-0.2, 0) is 10.0 Å². The Labute approximate surface area is 86.4 Å². The first-order valence-corrected chi connectivity index (χ1v) is 6.47. The van der Waals surface area contributed by atoms with Crippen LogP contribution < -0.4 is 4.72 Å². The molecule has 4 nitrogen and oxygen atoms in total. The minimum absolute atomic E-state index is 0.145. The van der Waals surface area contributed by atoms with E-state index in [1.54, 1.807) is 0 Å². The van der Waals surface area contributed by atoms with Crippen LogP contribution in [0, 0.1) is 17.2 Å². The largest absolute Gasteiger partial charge is 0.215 e. The molecule has 0 saturated carbocycles. The fourth-order valence-electron chi connectivity index (χ4n) is 1.05. The van der Waals surface area contributed by atoms with Gasteiger partial charge in [0.2, 0.25) is 10.0 Å². The minimum atomic E-state index is -3.10. The Kier molecular flexibility index (Phi) is 6.50. The molecular weight excluding hydrogens is 200 g/mol. The highest BCUT2D eigenvalue weighted by molar-refractivity contribution is 7.89. The molecule has 0 amide bonds. The molecule has 0 atom stereocenters. The fourth-order valence-corrected chi connectivity index (χ4v) is 2.51. The maximum Gasteiger partial charge on any atom is 0.211 e. The lowest BCUT2D eigenvalue weighted by Gasteiger charge is -2.07. The lowest BCUT2D eigenvalue weighted by Crippen LogP contribution is -2.29. The molecule has 0 spiro atoms. The van der Waals surface area contributed by atoms with Crippen molar-refractivity contribution in [3.63, 3.8) is 0 Å². The van der Waals surface area contributed by atoms with E-state index in [1.165, 1.54) is 0 Å². The first-order chi connectivity index (χ1) is 6.48. The van der Waals surface area contributed by atoms with Crippen molar-refractivity contribution in [1.82, 2.24) is 4.72 Å². The molecule has 0 saturated heterocycles. The SMILES string of the molecule is CC(C)CS(=O)(=O)NCCCCC#N. The van der Waals surface area contributed by atoms with E-state index in [1.807, 2.05) is 19.9 Å². The summed E-state index contributed by atoms with van der Waals surface area (Å²) in [6, 6.07) is 2.02. The van der Waals surface area contributed by atoms with Crippen LogP contribution in [0.5, 0.6) is 0 Å². The zero-order chi connectivity index (χ0) is 11.0. The van der Waals surface area contributed by atoms with E-state index >= 15 is 0 Å². The predicted molar refractivity (Wildman–Crippen MR) is 56.1 cm³/mol. The summed E-state index contributed by atoms with van der Waals surface area (Å²) in [4.78, 5) is 0. The maximum atomic E-state index is 11.3. The van der Waals surface area contributed by atoms with Crippen molar-refractivity contribution in [2.24, 2.45) is 5.92 Å². The van der Waals surface area contributed by atoms with Crippen molar-refractivity contribution in [2.75, 3.05) is 12.3 Å². The first-order valence-electron chi connectivity index (χ1n) is 4.82. The lowest BCUT2D eigenvalue weighted by atomic mass is 10.2. The average molecular weight is 218 g/mol. The number of unbranched alkanes of at least 4 members (excludes halogenated alkanes) is 2. The van der Waals surface area contributed by atoms with Gasteiger partial charge in [0.25, 0.3) is 0 Å². The molecule has 0 aliphatic carbocycles. The second-order valence-corrected chi connectivity index (χ2v) is 5.54. The first kappa shape index (κ1) is 13.4. The molecule has 5 heteroatoms. The molecule has 0 fully saturated rings. The second-order valence-electron chi connectivity index (χ2n) is 3.68. The van der Waals surface area contributed by atoms with Crippen LogP contribution in [-0.4, -0.2) is 20.7 Å². The van der Waals surface area contributed by atoms with Crippen molar-refractivity contribution in [3.05, 3.63) is 0 Å². The Morgan fingerprint density at radius 2 is 2.00 bits per heavy atom. The van der Waals surface area contributed by atoms with Gasteiger partial charge >= 0.3 is 0 Å². The number of sulfonamides is 1. The summed E-state index contributed by atoms with van der Waals surface area (Å²) in [6.45, 7) is 4.18. The number of rotatable bonds is 7. The number of nitrogens with one attached hydrogen (secondary N) is 1. The van der Waals surface area contributed by atoms with Crippen molar-refractivity contribution in [1.29, 1.82) is 5.26 Å². The van der Waals surface area contributed by atoms with Crippen molar-refractivity contribution in [3.8, 4) is 6.07 Å². The summed E-state index contributed by atoms with van der Waals surface area (Å²) in [6.07, 6.45) is 1.97. The maximum absolute atomic E-state index is 11.3. The highest BCUT2D eigenvalue weighted by atomic mass is 32.2. The summed E-state index contributed by atoms with van der Waals surface area (Å²) in [5.41, 5.74) is 0. The number of hydrogen-bond donors (Lipinski definition) is 1. The van der Waals surface area contributed by atoms with Gasteiger partial charge < -0.3 is 0 Å². The van der Waals surface area contributed by atoms with Gasteiger partial charge in [-0.2, -0.15) is 5.26 Å². The molecule has 0 bridgehead atoms. The Morgan fingerprint density at radius 1 is 1.36 bits per heavy atom. The van der Waals surface area contributed by atoms with E-state index in [0.29, 0.717) is 13.0 Å². The van der Waals surface area contributed by atoms with Gasteiger partial charge in [-0.1, -0.05) is 13.8 Å². The highest BCUT2D eigenvalue weighted by Crippen LogP contribution is 1.98. The van der Waals surface area contributed by atoms with Crippen molar-refractivity contribution < 1.29 is 8.42 Å². The molecule has 82 valence electrons. The molecule has 0 aromatic carbocycles. The lowest BCUT2D eigenvalue weighted by molar-refractivity contribution is 0.564. The van der Waals surface area contributed by atoms with Gasteiger partial charge in [0.05, 0.1) is 11.8 Å². The van der Waals surface area contributed by atoms with E-state index in [9.17, 15) is 8.42 Å². The van der Waals surface area contributed by atoms with Crippen LogP contribution in [0.25, 0.3) is 0 Å². The molecule has 0 aliphatic rings. The zero-order valence-electron chi connectivity index (χ0n) is 8.78. The smallest absolute Gasteiger partial charge is 0.211 e. The van der Waals surface area contributed by atoms with Crippen LogP contribution in [0.3, 0.4) is 0 Å². The fraction of sp³-hybridized carbons (Fsp3) is 0.889. The normalized spacial score (nSPS) is 11.6. The van der Waals surface area contributed by atoms with Gasteiger partial charge in [-0.3, -0.25) is 0 Å². The minimum Gasteiger partial charge on any atom is -0.215 e. The second kappa shape index (κ2) is 6.80. The van der Waals surface area contributed by atoms with Gasteiger partial charge in [-0.05, 0) is 18.8 Å². The Hall–Kier alpha value is -0.600. The van der Waals surface area contributed by atoms with Gasteiger partial charge in [0, 0.05) is 13.0 Å². The Morgan fingerprint density at radius 3 is 2.50 bits per heavy atom. The highest BCUT2D eigenvalue weighted by Gasteiger charge is 2.11. The summed E-state index contributed by atoms with van der Waals surface area (Å²) < 4.78 is 25.1. The quantitative estimate of drug-likeness (QED) is 0.654. The Bertz CT molecular complexity index is 278. The van der Waals surface area contributed by atoms with E-state index in [4.69, 9.17) is 5.26 Å². The molecule has 0 aromatic rings. The standard InChI is InChI=1S/C9H18N2O2S/c1-9(2)8-14(12,13)11-7-5-3-4-6-10/h9,11H,3-5,7-8H2,1-2H3. The molecule has 0 rings (SSSR count). The van der Waals surface area contributed by atoms with Gasteiger partial charge in [-0.25, -0.2) is 13.1 Å². The van der Waals surface area contributed by atoms with E-state index in [-0.39, 0.29) is 11.7 Å². The predicted octanol–water partition coefficient (Wildman–Crippen LogP) is 1.26. The molecule has 1 N–H and O–H groups in total. The van der Waals surface area contributed by atoms with E-state index in [2.05, 4.69) is 4.72 Å². The number of nitriles is 1. The monoisotopic (exact) mass is 218 g/mol. The van der Waals surface area contributed by atoms with E-state index < -0.39 is 10.0 Å². The van der Waals surface area contributed by atoms with Crippen molar-refractivity contribution in [2.45, 2.75) is 33.1 Å². The summed E-state index contributed by atoms with van der Waals surface area (Å²) >= 11 is 0. The van der Waals surface area contributed by atoms with Gasteiger partial charge in [0.15, 0.2) is 0 Å². The summed E-state index contributed by atoms with van der Waals surface area (Å²) in [7, 11) is -3.10. The van der Waals surface area contributed by atoms with Gasteiger partial charge in [-0.15, -0.1) is 0 Å². The Balaban J connectivity index is 3.63. The summed E-state index contributed by atoms with van der Waals surface area (Å²) in [5, 5.41) is 8.26. The zero-order valence-corrected chi connectivity index (χ0v) is 9.60. The molecule has 0 aromatic heterocycles. The van der Waals surface area contributed by atoms with Crippen LogP contribution in [0.15, 0.2) is 0 Å². The molecule has 0 unspecified atom stereocenters. The third kappa shape index (κ3) is 8.02. The molecule has 0 radical (unpaired) electrons. The topological polar surface area (TPSA) is 70.0 Å². The van der Waals surface area contributed by atoms with Crippen LogP contribution in [0.4, 0.5) is 0 Å². The summed E-state index contributed by atoms with van der Waals surface area (Å²) in [5.74, 6) is 0.317. The van der Waals surface area contributed by atoms with Crippen molar-refractivity contribution >= 4 is 10.0 Å². The van der Waals surface area contributed by atoms with Gasteiger partial charge in [0.1, 0.15) is 0 Å². The third-order valence-electron chi connectivity index (χ3n) is 1.59. The average Bonchev–Trinajstić information content (AvgIpc) is 2.01. The van der Waals surface area contributed by atoms with Crippen LogP contribution in [0.1, 0.15) is 33.1 Å². The third-order valence-corrected chi connectivity index (χ3v) is 3.34. The van der Waals surface area contributed by atoms with Crippen LogP contribution >= 0.6 is 0 Å². The molecule has 14 heavy (non-hydrogen) atoms. The molecule has 0 heterocycles. The molecule has 0 aliphatic heterocycles. The molecular formula is C9H18N2O2S.